The summed E-state index contributed by atoms with van der Waals surface area (Å²) in [4.78, 5) is 15.5. The van der Waals surface area contributed by atoms with Gasteiger partial charge in [0.2, 0.25) is 0 Å². The van der Waals surface area contributed by atoms with Crippen LogP contribution in [0.2, 0.25) is 0 Å². The third-order valence-corrected chi connectivity index (χ3v) is 2.15. The number of hydrogen-bond donors (Lipinski definition) is 1. The van der Waals surface area contributed by atoms with Gasteiger partial charge in [-0.3, -0.25) is 9.78 Å². The molecule has 0 saturated carbocycles. The van der Waals surface area contributed by atoms with Crippen LogP contribution in [0, 0.1) is 0 Å². The van der Waals surface area contributed by atoms with Crippen LogP contribution in [0.5, 0.6) is 0 Å². The Kier molecular flexibility index (Phi) is 2.74. The standard InChI is InChI=1S/C10H12N2O2/c13-10(9-4-2-6-14-9)12-8-3-1-5-11-7-8/h1,3,5,7,9H,2,4,6H2,(H,12,13). The molecule has 14 heavy (non-hydrogen) atoms. The number of nitrogens with zero attached hydrogens (tertiary/aromatic N) is 1. The lowest BCUT2D eigenvalue weighted by molar-refractivity contribution is -0.124. The summed E-state index contributed by atoms with van der Waals surface area (Å²) in [6.07, 6.45) is 4.78. The third kappa shape index (κ3) is 2.09. The molecule has 1 N–H and O–H groups in total. The molecule has 1 aromatic heterocycles. The van der Waals surface area contributed by atoms with E-state index in [-0.39, 0.29) is 12.0 Å². The van der Waals surface area contributed by atoms with Crippen LogP contribution in [0.25, 0.3) is 0 Å². The van der Waals surface area contributed by atoms with Gasteiger partial charge in [-0.1, -0.05) is 0 Å². The molecule has 1 fully saturated rings. The monoisotopic (exact) mass is 192 g/mol. The first-order valence-electron chi connectivity index (χ1n) is 4.69. The Morgan fingerprint density at radius 3 is 3.21 bits per heavy atom. The SMILES string of the molecule is O=C(Nc1cccnc1)C1CCCO1. The van der Waals surface area contributed by atoms with Crippen molar-refractivity contribution in [2.75, 3.05) is 11.9 Å². The average molecular weight is 192 g/mol. The fourth-order valence-corrected chi connectivity index (χ4v) is 1.44. The quantitative estimate of drug-likeness (QED) is 0.766. The van der Waals surface area contributed by atoms with Crippen LogP contribution < -0.4 is 5.32 Å². The Balaban J connectivity index is 1.94. The normalized spacial score (nSPS) is 20.7. The summed E-state index contributed by atoms with van der Waals surface area (Å²) in [6.45, 7) is 0.686. The van der Waals surface area contributed by atoms with E-state index in [2.05, 4.69) is 10.3 Å². The topological polar surface area (TPSA) is 51.2 Å². The number of nitrogens with one attached hydrogen (secondary N) is 1. The second-order valence-electron chi connectivity index (χ2n) is 3.23. The minimum absolute atomic E-state index is 0.0736. The molecule has 0 aliphatic carbocycles. The van der Waals surface area contributed by atoms with Gasteiger partial charge in [0.05, 0.1) is 11.9 Å². The van der Waals surface area contributed by atoms with E-state index in [1.54, 1.807) is 24.5 Å². The zero-order valence-corrected chi connectivity index (χ0v) is 7.77. The summed E-state index contributed by atoms with van der Waals surface area (Å²) in [5.74, 6) is -0.0736. The van der Waals surface area contributed by atoms with Crippen molar-refractivity contribution in [1.82, 2.24) is 4.98 Å². The molecule has 0 radical (unpaired) electrons. The molecule has 0 bridgehead atoms. The van der Waals surface area contributed by atoms with Gasteiger partial charge in [-0.25, -0.2) is 0 Å². The maximum atomic E-state index is 11.6. The largest absolute Gasteiger partial charge is 0.368 e. The first kappa shape index (κ1) is 9.15. The lowest BCUT2D eigenvalue weighted by Crippen LogP contribution is -2.26. The lowest BCUT2D eigenvalue weighted by Gasteiger charge is -2.09. The van der Waals surface area contributed by atoms with E-state index in [0.717, 1.165) is 12.8 Å². The van der Waals surface area contributed by atoms with Gasteiger partial charge in [-0.2, -0.15) is 0 Å². The molecule has 1 aliphatic rings. The summed E-state index contributed by atoms with van der Waals surface area (Å²) >= 11 is 0. The van der Waals surface area contributed by atoms with Crippen molar-refractivity contribution in [3.8, 4) is 0 Å². The molecule has 1 atom stereocenters. The Bertz CT molecular complexity index is 307. The molecule has 1 aliphatic heterocycles. The van der Waals surface area contributed by atoms with Gasteiger partial charge < -0.3 is 10.1 Å². The van der Waals surface area contributed by atoms with Crippen molar-refractivity contribution >= 4 is 11.6 Å². The second-order valence-corrected chi connectivity index (χ2v) is 3.23. The Labute approximate surface area is 82.3 Å². The molecule has 1 unspecified atom stereocenters. The predicted octanol–water partition coefficient (Wildman–Crippen LogP) is 1.20. The van der Waals surface area contributed by atoms with Crippen molar-refractivity contribution in [2.24, 2.45) is 0 Å². The smallest absolute Gasteiger partial charge is 0.253 e. The van der Waals surface area contributed by atoms with Crippen LogP contribution in [-0.2, 0) is 9.53 Å². The number of rotatable bonds is 2. The maximum absolute atomic E-state index is 11.6. The molecular weight excluding hydrogens is 180 g/mol. The number of carbonyl (C=O) groups is 1. The van der Waals surface area contributed by atoms with Gasteiger partial charge in [0.25, 0.3) is 5.91 Å². The second kappa shape index (κ2) is 4.19. The molecule has 2 rings (SSSR count). The Morgan fingerprint density at radius 1 is 1.64 bits per heavy atom. The Hall–Kier alpha value is -1.42. The van der Waals surface area contributed by atoms with E-state index in [4.69, 9.17) is 4.74 Å². The fraction of sp³-hybridized carbons (Fsp3) is 0.400. The van der Waals surface area contributed by atoms with Crippen LogP contribution in [0.4, 0.5) is 5.69 Å². The van der Waals surface area contributed by atoms with E-state index in [1.165, 1.54) is 0 Å². The molecule has 1 amide bonds. The maximum Gasteiger partial charge on any atom is 0.253 e. The third-order valence-electron chi connectivity index (χ3n) is 2.15. The van der Waals surface area contributed by atoms with Crippen LogP contribution in [0.1, 0.15) is 12.8 Å². The minimum Gasteiger partial charge on any atom is -0.368 e. The molecule has 1 saturated heterocycles. The van der Waals surface area contributed by atoms with Gasteiger partial charge in [-0.05, 0) is 25.0 Å². The van der Waals surface area contributed by atoms with Gasteiger partial charge >= 0.3 is 0 Å². The van der Waals surface area contributed by atoms with E-state index in [1.807, 2.05) is 0 Å². The number of carbonyl (C=O) groups excluding carboxylic acids is 1. The Morgan fingerprint density at radius 2 is 2.57 bits per heavy atom. The number of aromatic nitrogens is 1. The van der Waals surface area contributed by atoms with Crippen molar-refractivity contribution in [1.29, 1.82) is 0 Å². The molecule has 2 heterocycles. The highest BCUT2D eigenvalue weighted by atomic mass is 16.5. The van der Waals surface area contributed by atoms with Crippen LogP contribution in [0.3, 0.4) is 0 Å². The summed E-state index contributed by atoms with van der Waals surface area (Å²) < 4.78 is 5.25. The average Bonchev–Trinajstić information content (AvgIpc) is 2.72. The highest BCUT2D eigenvalue weighted by Gasteiger charge is 2.23. The van der Waals surface area contributed by atoms with Crippen molar-refractivity contribution in [3.63, 3.8) is 0 Å². The van der Waals surface area contributed by atoms with Gasteiger partial charge in [0.1, 0.15) is 6.10 Å². The van der Waals surface area contributed by atoms with Crippen molar-refractivity contribution in [2.45, 2.75) is 18.9 Å². The van der Waals surface area contributed by atoms with Gasteiger partial charge in [0.15, 0.2) is 0 Å². The number of ether oxygens (including phenoxy) is 1. The highest BCUT2D eigenvalue weighted by molar-refractivity contribution is 5.94. The molecule has 4 heteroatoms. The zero-order chi connectivity index (χ0) is 9.80. The molecule has 0 spiro atoms. The summed E-state index contributed by atoms with van der Waals surface area (Å²) in [5.41, 5.74) is 0.716. The van der Waals surface area contributed by atoms with Crippen LogP contribution in [0.15, 0.2) is 24.5 Å². The number of pyridine rings is 1. The van der Waals surface area contributed by atoms with Crippen LogP contribution >= 0.6 is 0 Å². The van der Waals surface area contributed by atoms with Gasteiger partial charge in [-0.15, -0.1) is 0 Å². The molecular formula is C10H12N2O2. The highest BCUT2D eigenvalue weighted by Crippen LogP contribution is 2.14. The number of hydrogen-bond acceptors (Lipinski definition) is 3. The molecule has 74 valence electrons. The minimum atomic E-state index is -0.282. The van der Waals surface area contributed by atoms with E-state index < -0.39 is 0 Å². The van der Waals surface area contributed by atoms with Crippen molar-refractivity contribution in [3.05, 3.63) is 24.5 Å². The zero-order valence-electron chi connectivity index (χ0n) is 7.77. The van der Waals surface area contributed by atoms with E-state index in [9.17, 15) is 4.79 Å². The molecule has 4 nitrogen and oxygen atoms in total. The number of anilines is 1. The first-order chi connectivity index (χ1) is 6.86. The summed E-state index contributed by atoms with van der Waals surface area (Å²) in [6, 6.07) is 3.59. The summed E-state index contributed by atoms with van der Waals surface area (Å²) in [5, 5.41) is 2.76. The fourth-order valence-electron chi connectivity index (χ4n) is 1.44. The summed E-state index contributed by atoms with van der Waals surface area (Å²) in [7, 11) is 0. The van der Waals surface area contributed by atoms with Crippen LogP contribution in [-0.4, -0.2) is 23.6 Å². The molecule has 0 aromatic carbocycles. The van der Waals surface area contributed by atoms with E-state index in [0.29, 0.717) is 12.3 Å². The molecule has 1 aromatic rings. The van der Waals surface area contributed by atoms with Gasteiger partial charge in [0, 0.05) is 12.8 Å². The van der Waals surface area contributed by atoms with E-state index >= 15 is 0 Å². The predicted molar refractivity (Wildman–Crippen MR) is 51.8 cm³/mol. The number of amides is 1. The van der Waals surface area contributed by atoms with Crippen molar-refractivity contribution < 1.29 is 9.53 Å². The lowest BCUT2D eigenvalue weighted by atomic mass is 10.2. The first-order valence-corrected chi connectivity index (χ1v) is 4.69.